The van der Waals surface area contributed by atoms with Gasteiger partial charge in [-0.05, 0) is 27.7 Å². The lowest BCUT2D eigenvalue weighted by Crippen LogP contribution is -2.37. The van der Waals surface area contributed by atoms with Crippen LogP contribution in [0.5, 0.6) is 0 Å². The fourth-order valence-electron chi connectivity index (χ4n) is 2.99. The van der Waals surface area contributed by atoms with E-state index in [0.29, 0.717) is 6.61 Å². The van der Waals surface area contributed by atoms with Crippen LogP contribution in [-0.2, 0) is 23.7 Å². The molecule has 5 heteroatoms. The van der Waals surface area contributed by atoms with Crippen LogP contribution in [-0.4, -0.2) is 42.8 Å². The fourth-order valence-corrected chi connectivity index (χ4v) is 2.99. The smallest absolute Gasteiger partial charge is 0.187 e. The standard InChI is InChI=1S/C13H22O5/c1-7-9(8-6-14-12(2,3)16-8)15-11-10(7)17-13(4,5)18-11/h7-11H,6H2,1-5H3/t7-,8?,9?,10-,11-/m1/s1. The van der Waals surface area contributed by atoms with Crippen LogP contribution in [0, 0.1) is 5.92 Å². The maximum atomic E-state index is 5.96. The highest BCUT2D eigenvalue weighted by Crippen LogP contribution is 2.43. The van der Waals surface area contributed by atoms with Crippen molar-refractivity contribution in [1.82, 2.24) is 0 Å². The van der Waals surface area contributed by atoms with E-state index in [4.69, 9.17) is 23.7 Å². The Hall–Kier alpha value is -0.200. The normalized spacial score (nSPS) is 49.5. The van der Waals surface area contributed by atoms with Gasteiger partial charge in [0.25, 0.3) is 0 Å². The van der Waals surface area contributed by atoms with E-state index in [1.54, 1.807) is 0 Å². The lowest BCUT2D eigenvalue weighted by molar-refractivity contribution is -0.226. The SMILES string of the molecule is C[C@@H]1C(C2COC(C)(C)O2)O[C@@H]2OC(C)(C)O[C@@H]21. The molecule has 5 nitrogen and oxygen atoms in total. The third-order valence-corrected chi connectivity index (χ3v) is 3.81. The van der Waals surface area contributed by atoms with Crippen LogP contribution in [0.15, 0.2) is 0 Å². The van der Waals surface area contributed by atoms with E-state index >= 15 is 0 Å². The lowest BCUT2D eigenvalue weighted by Gasteiger charge is -2.27. The van der Waals surface area contributed by atoms with Crippen molar-refractivity contribution in [3.8, 4) is 0 Å². The van der Waals surface area contributed by atoms with Gasteiger partial charge in [-0.25, -0.2) is 0 Å². The average Bonchev–Trinajstić information content (AvgIpc) is 2.81. The molecule has 3 fully saturated rings. The molecule has 2 unspecified atom stereocenters. The summed E-state index contributed by atoms with van der Waals surface area (Å²) in [5.41, 5.74) is 0. The monoisotopic (exact) mass is 258 g/mol. The van der Waals surface area contributed by atoms with Gasteiger partial charge in [0.05, 0.1) is 12.7 Å². The van der Waals surface area contributed by atoms with Crippen LogP contribution in [0.2, 0.25) is 0 Å². The van der Waals surface area contributed by atoms with Crippen molar-refractivity contribution in [2.75, 3.05) is 6.61 Å². The molecule has 0 aromatic heterocycles. The minimum Gasteiger partial charge on any atom is -0.348 e. The first-order chi connectivity index (χ1) is 8.27. The van der Waals surface area contributed by atoms with Crippen molar-refractivity contribution in [3.05, 3.63) is 0 Å². The van der Waals surface area contributed by atoms with E-state index in [1.807, 2.05) is 27.7 Å². The predicted molar refractivity (Wildman–Crippen MR) is 62.8 cm³/mol. The quantitative estimate of drug-likeness (QED) is 0.715. The third-order valence-electron chi connectivity index (χ3n) is 3.81. The summed E-state index contributed by atoms with van der Waals surface area (Å²) in [5.74, 6) is -0.841. The molecule has 104 valence electrons. The highest BCUT2D eigenvalue weighted by molar-refractivity contribution is 4.95. The van der Waals surface area contributed by atoms with Crippen LogP contribution < -0.4 is 0 Å². The molecule has 0 radical (unpaired) electrons. The summed E-state index contributed by atoms with van der Waals surface area (Å²) >= 11 is 0. The number of ether oxygens (including phenoxy) is 5. The maximum absolute atomic E-state index is 5.96. The molecular formula is C13H22O5. The van der Waals surface area contributed by atoms with E-state index in [-0.39, 0.29) is 30.5 Å². The van der Waals surface area contributed by atoms with Crippen molar-refractivity contribution < 1.29 is 23.7 Å². The summed E-state index contributed by atoms with van der Waals surface area (Å²) in [6.45, 7) is 10.3. The minimum atomic E-state index is -0.555. The second-order valence-corrected chi connectivity index (χ2v) is 6.30. The molecule has 0 amide bonds. The molecule has 3 saturated heterocycles. The fraction of sp³-hybridized carbons (Fsp3) is 1.00. The lowest BCUT2D eigenvalue weighted by atomic mass is 9.97. The van der Waals surface area contributed by atoms with Crippen LogP contribution in [0.25, 0.3) is 0 Å². The molecule has 0 N–H and O–H groups in total. The zero-order chi connectivity index (χ0) is 13.1. The van der Waals surface area contributed by atoms with Gasteiger partial charge < -0.3 is 23.7 Å². The molecular weight excluding hydrogens is 236 g/mol. The molecule has 0 spiro atoms. The topological polar surface area (TPSA) is 46.2 Å². The largest absolute Gasteiger partial charge is 0.348 e. The number of hydrogen-bond donors (Lipinski definition) is 0. The molecule has 3 aliphatic heterocycles. The molecule has 5 atom stereocenters. The van der Waals surface area contributed by atoms with E-state index < -0.39 is 11.6 Å². The van der Waals surface area contributed by atoms with Crippen molar-refractivity contribution in [2.45, 2.75) is 70.8 Å². The van der Waals surface area contributed by atoms with E-state index in [9.17, 15) is 0 Å². The van der Waals surface area contributed by atoms with Gasteiger partial charge in [0.1, 0.15) is 12.2 Å². The molecule has 0 aromatic rings. The molecule has 3 heterocycles. The Morgan fingerprint density at radius 2 is 1.61 bits per heavy atom. The highest BCUT2D eigenvalue weighted by atomic mass is 16.8. The van der Waals surface area contributed by atoms with Crippen molar-refractivity contribution in [3.63, 3.8) is 0 Å². The first-order valence-electron chi connectivity index (χ1n) is 6.60. The van der Waals surface area contributed by atoms with Gasteiger partial charge in [-0.1, -0.05) is 6.92 Å². The van der Waals surface area contributed by atoms with E-state index in [0.717, 1.165) is 0 Å². The highest BCUT2D eigenvalue weighted by Gasteiger charge is 2.56. The van der Waals surface area contributed by atoms with E-state index in [2.05, 4.69) is 6.92 Å². The maximum Gasteiger partial charge on any atom is 0.187 e. The van der Waals surface area contributed by atoms with E-state index in [1.165, 1.54) is 0 Å². The molecule has 0 aliphatic carbocycles. The first-order valence-corrected chi connectivity index (χ1v) is 6.60. The first kappa shape index (κ1) is 12.8. The predicted octanol–water partition coefficient (Wildman–Crippen LogP) is 1.65. The minimum absolute atomic E-state index is 0.0164. The Kier molecular flexibility index (Phi) is 2.78. The van der Waals surface area contributed by atoms with Crippen molar-refractivity contribution in [1.29, 1.82) is 0 Å². The third kappa shape index (κ3) is 2.08. The zero-order valence-corrected chi connectivity index (χ0v) is 11.6. The van der Waals surface area contributed by atoms with Gasteiger partial charge >= 0.3 is 0 Å². The van der Waals surface area contributed by atoms with Crippen LogP contribution in [0.1, 0.15) is 34.6 Å². The molecule has 3 rings (SSSR count). The molecule has 18 heavy (non-hydrogen) atoms. The van der Waals surface area contributed by atoms with Gasteiger partial charge in [-0.15, -0.1) is 0 Å². The summed E-state index contributed by atoms with van der Waals surface area (Å²) in [4.78, 5) is 0. The zero-order valence-electron chi connectivity index (χ0n) is 11.6. The Morgan fingerprint density at radius 3 is 2.17 bits per heavy atom. The Bertz CT molecular complexity index is 340. The summed E-state index contributed by atoms with van der Waals surface area (Å²) in [6, 6.07) is 0. The van der Waals surface area contributed by atoms with Crippen molar-refractivity contribution in [2.24, 2.45) is 5.92 Å². The van der Waals surface area contributed by atoms with Gasteiger partial charge in [0.2, 0.25) is 0 Å². The van der Waals surface area contributed by atoms with Crippen molar-refractivity contribution >= 4 is 0 Å². The Morgan fingerprint density at radius 1 is 0.889 bits per heavy atom. The van der Waals surface area contributed by atoms with Gasteiger partial charge in [0.15, 0.2) is 17.9 Å². The molecule has 0 saturated carbocycles. The Balaban J connectivity index is 1.68. The van der Waals surface area contributed by atoms with Crippen LogP contribution in [0.4, 0.5) is 0 Å². The molecule has 0 bridgehead atoms. The summed E-state index contributed by atoms with van der Waals surface area (Å²) in [5, 5.41) is 0. The van der Waals surface area contributed by atoms with Crippen LogP contribution >= 0.6 is 0 Å². The number of fused-ring (bicyclic) bond motifs is 1. The summed E-state index contributed by atoms with van der Waals surface area (Å²) < 4.78 is 29.0. The van der Waals surface area contributed by atoms with Crippen LogP contribution in [0.3, 0.4) is 0 Å². The van der Waals surface area contributed by atoms with Gasteiger partial charge in [-0.3, -0.25) is 0 Å². The average molecular weight is 258 g/mol. The van der Waals surface area contributed by atoms with Gasteiger partial charge in [-0.2, -0.15) is 0 Å². The molecule has 3 aliphatic rings. The summed E-state index contributed by atoms with van der Waals surface area (Å²) in [7, 11) is 0. The number of hydrogen-bond acceptors (Lipinski definition) is 5. The second kappa shape index (κ2) is 3.90. The second-order valence-electron chi connectivity index (χ2n) is 6.30. The Labute approximate surface area is 108 Å². The van der Waals surface area contributed by atoms with Gasteiger partial charge in [0, 0.05) is 5.92 Å². The molecule has 0 aromatic carbocycles. The number of rotatable bonds is 1. The summed E-state index contributed by atoms with van der Waals surface area (Å²) in [6.07, 6.45) is -0.376.